The van der Waals surface area contributed by atoms with Gasteiger partial charge in [0.1, 0.15) is 0 Å². The van der Waals surface area contributed by atoms with Crippen molar-refractivity contribution in [3.8, 4) is 0 Å². The van der Waals surface area contributed by atoms with Crippen LogP contribution in [0.2, 0.25) is 0 Å². The quantitative estimate of drug-likeness (QED) is 0.578. The molecule has 0 bridgehead atoms. The summed E-state index contributed by atoms with van der Waals surface area (Å²) in [6.07, 6.45) is 3.55. The van der Waals surface area contributed by atoms with Crippen LogP contribution in [0.1, 0.15) is 35.2 Å². The highest BCUT2D eigenvalue weighted by Gasteiger charge is 2.17. The fourth-order valence-corrected chi connectivity index (χ4v) is 2.20. The van der Waals surface area contributed by atoms with E-state index < -0.39 is 0 Å². The van der Waals surface area contributed by atoms with Crippen molar-refractivity contribution in [2.75, 3.05) is 5.32 Å². The Hall–Kier alpha value is -1.42. The lowest BCUT2D eigenvalue weighted by Crippen LogP contribution is -2.20. The van der Waals surface area contributed by atoms with E-state index in [1.807, 2.05) is 18.2 Å². The Balaban J connectivity index is 2.44. The molecule has 0 heterocycles. The maximum absolute atomic E-state index is 11.9. The summed E-state index contributed by atoms with van der Waals surface area (Å²) in [5.41, 5.74) is 8.21. The minimum atomic E-state index is 0.221. The van der Waals surface area contributed by atoms with E-state index in [2.05, 4.69) is 5.32 Å². The van der Waals surface area contributed by atoms with Gasteiger partial charge in [-0.15, -0.1) is 0 Å². The lowest BCUT2D eigenvalue weighted by Gasteiger charge is -2.12. The van der Waals surface area contributed by atoms with Gasteiger partial charge in [0, 0.05) is 17.7 Å². The first-order chi connectivity index (χ1) is 7.68. The van der Waals surface area contributed by atoms with Crippen molar-refractivity contribution >= 4 is 28.8 Å². The van der Waals surface area contributed by atoms with Gasteiger partial charge in [-0.25, -0.2) is 0 Å². The molecule has 0 spiro atoms. The van der Waals surface area contributed by atoms with Crippen LogP contribution < -0.4 is 11.1 Å². The highest BCUT2D eigenvalue weighted by molar-refractivity contribution is 7.80. The molecule has 84 valence electrons. The van der Waals surface area contributed by atoms with Gasteiger partial charge in [-0.05, 0) is 43.1 Å². The molecule has 1 aliphatic rings. The summed E-state index contributed by atoms with van der Waals surface area (Å²) in [4.78, 5) is 11.9. The van der Waals surface area contributed by atoms with E-state index in [0.717, 1.165) is 36.1 Å². The van der Waals surface area contributed by atoms with Crippen molar-refractivity contribution in [3.05, 3.63) is 29.3 Å². The number of anilines is 1. The Morgan fingerprint density at radius 2 is 2.06 bits per heavy atom. The van der Waals surface area contributed by atoms with E-state index in [1.165, 1.54) is 0 Å². The van der Waals surface area contributed by atoms with Crippen LogP contribution in [-0.2, 0) is 6.42 Å². The summed E-state index contributed by atoms with van der Waals surface area (Å²) < 4.78 is 0. The number of Topliss-reactive ketones (excluding diaryl/α,β-unsaturated/α-hetero) is 1. The monoisotopic (exact) mass is 234 g/mol. The van der Waals surface area contributed by atoms with Crippen molar-refractivity contribution in [2.24, 2.45) is 5.73 Å². The summed E-state index contributed by atoms with van der Waals surface area (Å²) in [6.45, 7) is 0. The van der Waals surface area contributed by atoms with Crippen molar-refractivity contribution < 1.29 is 4.79 Å². The van der Waals surface area contributed by atoms with Crippen LogP contribution >= 0.6 is 12.2 Å². The number of carbonyl (C=O) groups excluding carboxylic acids is 1. The number of nitrogens with two attached hydrogens (primary N) is 1. The maximum Gasteiger partial charge on any atom is 0.168 e. The first-order valence-electron chi connectivity index (χ1n) is 5.40. The van der Waals surface area contributed by atoms with Crippen LogP contribution in [0.5, 0.6) is 0 Å². The average Bonchev–Trinajstić information content (AvgIpc) is 2.41. The lowest BCUT2D eigenvalue weighted by molar-refractivity contribution is 0.0982. The van der Waals surface area contributed by atoms with Crippen LogP contribution in [0.3, 0.4) is 0 Å². The first kappa shape index (κ1) is 11.1. The van der Waals surface area contributed by atoms with Gasteiger partial charge >= 0.3 is 0 Å². The second-order valence-electron chi connectivity index (χ2n) is 3.95. The Kier molecular flexibility index (Phi) is 3.19. The molecule has 0 saturated heterocycles. The van der Waals surface area contributed by atoms with Crippen LogP contribution in [0.4, 0.5) is 5.69 Å². The number of benzene rings is 1. The number of rotatable bonds is 1. The number of nitrogens with one attached hydrogen (secondary N) is 1. The maximum atomic E-state index is 11.9. The van der Waals surface area contributed by atoms with Gasteiger partial charge in [-0.2, -0.15) is 0 Å². The van der Waals surface area contributed by atoms with E-state index in [1.54, 1.807) is 0 Å². The third-order valence-corrected chi connectivity index (χ3v) is 2.92. The molecule has 1 aromatic carbocycles. The second-order valence-corrected chi connectivity index (χ2v) is 4.39. The van der Waals surface area contributed by atoms with E-state index in [0.29, 0.717) is 6.42 Å². The summed E-state index contributed by atoms with van der Waals surface area (Å²) in [6, 6.07) is 5.66. The molecule has 0 aliphatic heterocycles. The smallest absolute Gasteiger partial charge is 0.168 e. The van der Waals surface area contributed by atoms with Gasteiger partial charge in [0.2, 0.25) is 0 Å². The molecule has 0 atom stereocenters. The van der Waals surface area contributed by atoms with E-state index in [4.69, 9.17) is 18.0 Å². The largest absolute Gasteiger partial charge is 0.376 e. The van der Waals surface area contributed by atoms with Gasteiger partial charge in [-0.3, -0.25) is 4.79 Å². The van der Waals surface area contributed by atoms with Crippen LogP contribution in [0.15, 0.2) is 18.2 Å². The zero-order chi connectivity index (χ0) is 11.5. The van der Waals surface area contributed by atoms with Crippen molar-refractivity contribution in [1.82, 2.24) is 0 Å². The Labute approximate surface area is 100 Å². The van der Waals surface area contributed by atoms with E-state index in [9.17, 15) is 4.79 Å². The Bertz CT molecular complexity index is 443. The van der Waals surface area contributed by atoms with Crippen molar-refractivity contribution in [2.45, 2.75) is 25.7 Å². The molecule has 1 aliphatic carbocycles. The summed E-state index contributed by atoms with van der Waals surface area (Å²) in [7, 11) is 0. The van der Waals surface area contributed by atoms with Crippen LogP contribution in [0.25, 0.3) is 0 Å². The molecule has 0 radical (unpaired) electrons. The molecule has 4 heteroatoms. The Morgan fingerprint density at radius 1 is 1.31 bits per heavy atom. The number of hydrogen-bond donors (Lipinski definition) is 2. The fraction of sp³-hybridized carbons (Fsp3) is 0.333. The SMILES string of the molecule is NC(=S)Nc1cccc2c1CCCCC2=O. The summed E-state index contributed by atoms with van der Waals surface area (Å²) in [5, 5.41) is 3.18. The Morgan fingerprint density at radius 3 is 2.81 bits per heavy atom. The summed E-state index contributed by atoms with van der Waals surface area (Å²) >= 11 is 4.83. The average molecular weight is 234 g/mol. The number of carbonyl (C=O) groups is 1. The van der Waals surface area contributed by atoms with Gasteiger partial charge in [-0.1, -0.05) is 12.1 Å². The predicted octanol–water partition coefficient (Wildman–Crippen LogP) is 2.25. The van der Waals surface area contributed by atoms with Crippen LogP contribution in [0, 0.1) is 0 Å². The lowest BCUT2D eigenvalue weighted by atomic mass is 10.0. The molecular weight excluding hydrogens is 220 g/mol. The molecule has 16 heavy (non-hydrogen) atoms. The molecule has 0 amide bonds. The topological polar surface area (TPSA) is 55.1 Å². The van der Waals surface area contributed by atoms with E-state index in [-0.39, 0.29) is 10.9 Å². The van der Waals surface area contributed by atoms with E-state index >= 15 is 0 Å². The molecule has 0 aromatic heterocycles. The normalized spacial score (nSPS) is 15.1. The highest BCUT2D eigenvalue weighted by atomic mass is 32.1. The van der Waals surface area contributed by atoms with Crippen molar-refractivity contribution in [1.29, 1.82) is 0 Å². The minimum Gasteiger partial charge on any atom is -0.376 e. The molecular formula is C12H14N2OS. The van der Waals surface area contributed by atoms with Gasteiger partial charge < -0.3 is 11.1 Å². The highest BCUT2D eigenvalue weighted by Crippen LogP contribution is 2.27. The number of fused-ring (bicyclic) bond motifs is 1. The zero-order valence-corrected chi connectivity index (χ0v) is 9.77. The molecule has 1 aromatic rings. The molecule has 2 rings (SSSR count). The third kappa shape index (κ3) is 2.22. The summed E-state index contributed by atoms with van der Waals surface area (Å²) in [5.74, 6) is 0.221. The minimum absolute atomic E-state index is 0.221. The molecule has 0 fully saturated rings. The van der Waals surface area contributed by atoms with Crippen molar-refractivity contribution in [3.63, 3.8) is 0 Å². The fourth-order valence-electron chi connectivity index (χ4n) is 2.09. The number of ketones is 1. The third-order valence-electron chi connectivity index (χ3n) is 2.81. The first-order valence-corrected chi connectivity index (χ1v) is 5.81. The van der Waals surface area contributed by atoms with Crippen LogP contribution in [-0.4, -0.2) is 10.9 Å². The van der Waals surface area contributed by atoms with Gasteiger partial charge in [0.25, 0.3) is 0 Å². The zero-order valence-electron chi connectivity index (χ0n) is 8.95. The molecule has 0 saturated carbocycles. The molecule has 3 N–H and O–H groups in total. The van der Waals surface area contributed by atoms with Gasteiger partial charge in [0.05, 0.1) is 0 Å². The molecule has 0 unspecified atom stereocenters. The van der Waals surface area contributed by atoms with Gasteiger partial charge in [0.15, 0.2) is 10.9 Å². The number of hydrogen-bond acceptors (Lipinski definition) is 2. The molecule has 3 nitrogen and oxygen atoms in total. The predicted molar refractivity (Wildman–Crippen MR) is 68.7 cm³/mol. The second kappa shape index (κ2) is 4.61. The standard InChI is InChI=1S/C12H14N2OS/c13-12(16)14-10-6-3-5-9-8(10)4-1-2-7-11(9)15/h3,5-6H,1-2,4,7H2,(H3,13,14,16). The number of thiocarbonyl (C=S) groups is 1.